The molecule has 0 saturated carbocycles. The van der Waals surface area contributed by atoms with E-state index in [9.17, 15) is 4.79 Å². The zero-order valence-electron chi connectivity index (χ0n) is 14.7. The van der Waals surface area contributed by atoms with Crippen LogP contribution in [0, 0.1) is 5.92 Å². The molecule has 1 aliphatic carbocycles. The summed E-state index contributed by atoms with van der Waals surface area (Å²) < 4.78 is 0. The topological polar surface area (TPSA) is 62.4 Å². The molecule has 0 unspecified atom stereocenters. The molecule has 3 heterocycles. The summed E-state index contributed by atoms with van der Waals surface area (Å²) in [4.78, 5) is 24.3. The Morgan fingerprint density at radius 2 is 2.36 bits per heavy atom. The van der Waals surface area contributed by atoms with Gasteiger partial charge >= 0.3 is 0 Å². The van der Waals surface area contributed by atoms with Crippen LogP contribution >= 0.6 is 22.7 Å². The molecule has 3 aromatic rings. The van der Waals surface area contributed by atoms with Crippen molar-refractivity contribution in [3.8, 4) is 0 Å². The Labute approximate surface area is 155 Å². The molecule has 0 saturated heterocycles. The standard InChI is InChI=1S/C19H23N3OS2/c1-11-5-6-14-15(10-11)25-19-16(14)18(23)21-17(22-19)12(2)20-8-7-13-4-3-9-24-13/h3-4,9,11-12,20H,5-8,10H2,1-2H3,(H,21,22,23)/p+1/t11-,12+/m0/s1. The Bertz CT molecular complexity index is 926. The van der Waals surface area contributed by atoms with Crippen molar-refractivity contribution in [3.63, 3.8) is 0 Å². The van der Waals surface area contributed by atoms with Crippen molar-refractivity contribution in [1.29, 1.82) is 0 Å². The highest BCUT2D eigenvalue weighted by Crippen LogP contribution is 2.35. The van der Waals surface area contributed by atoms with Gasteiger partial charge in [0.05, 0.1) is 11.9 Å². The largest absolute Gasteiger partial charge is 0.337 e. The molecule has 2 atom stereocenters. The lowest BCUT2D eigenvalue weighted by Gasteiger charge is -2.17. The summed E-state index contributed by atoms with van der Waals surface area (Å²) >= 11 is 3.53. The second kappa shape index (κ2) is 7.02. The zero-order chi connectivity index (χ0) is 17.4. The number of hydrogen-bond acceptors (Lipinski definition) is 4. The average Bonchev–Trinajstić information content (AvgIpc) is 3.21. The molecule has 0 aromatic carbocycles. The fourth-order valence-electron chi connectivity index (χ4n) is 3.62. The average molecular weight is 375 g/mol. The third kappa shape index (κ3) is 3.43. The number of aryl methyl sites for hydroxylation is 1. The summed E-state index contributed by atoms with van der Waals surface area (Å²) in [5.74, 6) is 1.51. The predicted octanol–water partition coefficient (Wildman–Crippen LogP) is 3.04. The van der Waals surface area contributed by atoms with Crippen LogP contribution in [0.1, 0.15) is 47.5 Å². The SMILES string of the molecule is C[C@H]1CCc2c(sc3nc([C@@H](C)[NH2+]CCc4cccs4)[nH]c(=O)c23)C1. The van der Waals surface area contributed by atoms with Gasteiger partial charge in [0.1, 0.15) is 10.9 Å². The van der Waals surface area contributed by atoms with Crippen LogP contribution in [0.25, 0.3) is 10.2 Å². The van der Waals surface area contributed by atoms with Crippen LogP contribution < -0.4 is 10.9 Å². The molecule has 132 valence electrons. The van der Waals surface area contributed by atoms with E-state index in [2.05, 4.69) is 41.7 Å². The Morgan fingerprint density at radius 3 is 3.16 bits per heavy atom. The van der Waals surface area contributed by atoms with E-state index < -0.39 is 0 Å². The fraction of sp³-hybridized carbons (Fsp3) is 0.474. The molecular formula is C19H24N3OS2+. The number of nitrogens with zero attached hydrogens (tertiary/aromatic N) is 1. The number of nitrogens with one attached hydrogen (secondary N) is 1. The van der Waals surface area contributed by atoms with Crippen LogP contribution in [0.2, 0.25) is 0 Å². The van der Waals surface area contributed by atoms with Gasteiger partial charge in [0.25, 0.3) is 5.56 Å². The lowest BCUT2D eigenvalue weighted by atomic mass is 9.89. The molecule has 1 aliphatic rings. The van der Waals surface area contributed by atoms with Gasteiger partial charge in [0, 0.05) is 16.2 Å². The molecule has 3 aromatic heterocycles. The highest BCUT2D eigenvalue weighted by Gasteiger charge is 2.24. The number of thiophene rings is 2. The van der Waals surface area contributed by atoms with Gasteiger partial charge in [-0.05, 0) is 49.1 Å². The number of aromatic amines is 1. The van der Waals surface area contributed by atoms with Crippen LogP contribution in [0.4, 0.5) is 0 Å². The van der Waals surface area contributed by atoms with E-state index >= 15 is 0 Å². The maximum Gasteiger partial charge on any atom is 0.260 e. The first-order valence-corrected chi connectivity index (χ1v) is 10.7. The maximum atomic E-state index is 12.7. The van der Waals surface area contributed by atoms with Crippen LogP contribution in [-0.2, 0) is 19.3 Å². The summed E-state index contributed by atoms with van der Waals surface area (Å²) in [5.41, 5.74) is 1.30. The molecule has 3 N–H and O–H groups in total. The normalized spacial score (nSPS) is 18.4. The first-order valence-electron chi connectivity index (χ1n) is 9.02. The lowest BCUT2D eigenvalue weighted by molar-refractivity contribution is -0.693. The van der Waals surface area contributed by atoms with E-state index in [0.29, 0.717) is 5.92 Å². The first kappa shape index (κ1) is 16.9. The fourth-order valence-corrected chi connectivity index (χ4v) is 5.74. The maximum absolute atomic E-state index is 12.7. The minimum absolute atomic E-state index is 0.0468. The molecule has 0 bridgehead atoms. The zero-order valence-corrected chi connectivity index (χ0v) is 16.3. The van der Waals surface area contributed by atoms with Crippen molar-refractivity contribution in [3.05, 3.63) is 49.0 Å². The van der Waals surface area contributed by atoms with E-state index in [4.69, 9.17) is 4.98 Å². The van der Waals surface area contributed by atoms with E-state index in [-0.39, 0.29) is 11.6 Å². The third-order valence-electron chi connectivity index (χ3n) is 5.11. The Morgan fingerprint density at radius 1 is 1.48 bits per heavy atom. The van der Waals surface area contributed by atoms with Crippen molar-refractivity contribution in [2.24, 2.45) is 5.92 Å². The number of rotatable bonds is 5. The van der Waals surface area contributed by atoms with Gasteiger partial charge in [-0.1, -0.05) is 13.0 Å². The van der Waals surface area contributed by atoms with Crippen molar-refractivity contribution in [2.45, 2.75) is 45.6 Å². The van der Waals surface area contributed by atoms with Crippen molar-refractivity contribution < 1.29 is 5.32 Å². The second-order valence-electron chi connectivity index (χ2n) is 7.13. The highest BCUT2D eigenvalue weighted by atomic mass is 32.1. The monoisotopic (exact) mass is 374 g/mol. The number of quaternary nitrogens is 1. The van der Waals surface area contributed by atoms with Crippen LogP contribution in [0.5, 0.6) is 0 Å². The molecule has 0 amide bonds. The van der Waals surface area contributed by atoms with Gasteiger partial charge in [0.15, 0.2) is 5.82 Å². The van der Waals surface area contributed by atoms with Gasteiger partial charge in [0.2, 0.25) is 0 Å². The van der Waals surface area contributed by atoms with E-state index in [1.54, 1.807) is 22.7 Å². The number of aromatic nitrogens is 2. The minimum Gasteiger partial charge on any atom is -0.337 e. The highest BCUT2D eigenvalue weighted by molar-refractivity contribution is 7.18. The summed E-state index contributed by atoms with van der Waals surface area (Å²) in [5, 5.41) is 5.23. The first-order chi connectivity index (χ1) is 12.1. The molecule has 25 heavy (non-hydrogen) atoms. The van der Waals surface area contributed by atoms with Crippen molar-refractivity contribution in [2.75, 3.05) is 6.54 Å². The molecule has 4 nitrogen and oxygen atoms in total. The molecule has 0 radical (unpaired) electrons. The lowest BCUT2D eigenvalue weighted by Crippen LogP contribution is -2.85. The van der Waals surface area contributed by atoms with Gasteiger partial charge in [-0.3, -0.25) is 4.79 Å². The molecule has 0 aliphatic heterocycles. The van der Waals surface area contributed by atoms with Gasteiger partial charge in [-0.2, -0.15) is 0 Å². The van der Waals surface area contributed by atoms with Gasteiger partial charge < -0.3 is 10.3 Å². The van der Waals surface area contributed by atoms with Crippen LogP contribution in [0.15, 0.2) is 22.3 Å². The number of nitrogens with two attached hydrogens (primary N) is 1. The Balaban J connectivity index is 1.55. The van der Waals surface area contributed by atoms with Crippen molar-refractivity contribution >= 4 is 32.9 Å². The number of H-pyrrole nitrogens is 1. The second-order valence-corrected chi connectivity index (χ2v) is 9.24. The van der Waals surface area contributed by atoms with Gasteiger partial charge in [-0.25, -0.2) is 4.98 Å². The number of fused-ring (bicyclic) bond motifs is 3. The quantitative estimate of drug-likeness (QED) is 0.721. The van der Waals surface area contributed by atoms with E-state index in [1.165, 1.54) is 21.7 Å². The molecule has 0 spiro atoms. The summed E-state index contributed by atoms with van der Waals surface area (Å²) in [6.07, 6.45) is 4.34. The molecule has 0 fully saturated rings. The predicted molar refractivity (Wildman–Crippen MR) is 105 cm³/mol. The molecule has 6 heteroatoms. The Kier molecular flexibility index (Phi) is 4.75. The smallest absolute Gasteiger partial charge is 0.260 e. The Hall–Kier alpha value is -1.50. The van der Waals surface area contributed by atoms with Gasteiger partial charge in [-0.15, -0.1) is 22.7 Å². The summed E-state index contributed by atoms with van der Waals surface area (Å²) in [6.45, 7) is 5.41. The molecular weight excluding hydrogens is 350 g/mol. The van der Waals surface area contributed by atoms with E-state index in [0.717, 1.165) is 41.8 Å². The number of hydrogen-bond donors (Lipinski definition) is 2. The third-order valence-corrected chi connectivity index (χ3v) is 7.19. The van der Waals surface area contributed by atoms with Crippen LogP contribution in [0.3, 0.4) is 0 Å². The van der Waals surface area contributed by atoms with Crippen LogP contribution in [-0.4, -0.2) is 16.5 Å². The molecule has 4 rings (SSSR count). The van der Waals surface area contributed by atoms with E-state index in [1.807, 2.05) is 0 Å². The summed E-state index contributed by atoms with van der Waals surface area (Å²) in [6, 6.07) is 4.43. The van der Waals surface area contributed by atoms with Crippen molar-refractivity contribution in [1.82, 2.24) is 9.97 Å². The summed E-state index contributed by atoms with van der Waals surface area (Å²) in [7, 11) is 0. The minimum atomic E-state index is 0.0468.